The van der Waals surface area contributed by atoms with Crippen LogP contribution in [0.5, 0.6) is 23.0 Å². The summed E-state index contributed by atoms with van der Waals surface area (Å²) in [6.45, 7) is 10.5. The van der Waals surface area contributed by atoms with Crippen molar-refractivity contribution in [2.75, 3.05) is 14.1 Å². The molecule has 23 heteroatoms. The maximum atomic E-state index is 12.1. The molecule has 0 fully saturated rings. The average Bonchev–Trinajstić information content (AvgIpc) is 2.01. The number of nitrogens with zero attached hydrogens (tertiary/aromatic N) is 4. The molecule has 10 aromatic rings. The van der Waals surface area contributed by atoms with Crippen LogP contribution in [-0.2, 0) is 0 Å². The van der Waals surface area contributed by atoms with E-state index < -0.39 is 18.4 Å². The Morgan fingerprint density at radius 1 is 0.580 bits per heavy atom. The third-order valence-electron chi connectivity index (χ3n) is 14.5. The van der Waals surface area contributed by atoms with Gasteiger partial charge in [0, 0.05) is 75.5 Å². The zero-order valence-electron chi connectivity index (χ0n) is 49.0. The largest absolute Gasteiger partial charge is 0.460 e. The Bertz CT molecular complexity index is 3780. The summed E-state index contributed by atoms with van der Waals surface area (Å²) < 4.78 is 31.0. The van der Waals surface area contributed by atoms with Crippen molar-refractivity contribution in [1.29, 1.82) is 0 Å². The summed E-state index contributed by atoms with van der Waals surface area (Å²) in [5, 5.41) is 8.64. The van der Waals surface area contributed by atoms with Gasteiger partial charge in [-0.1, -0.05) is 42.1 Å². The van der Waals surface area contributed by atoms with Gasteiger partial charge < -0.3 is 28.9 Å². The number of hydrogen-bond acceptors (Lipinski definition) is 10. The maximum Gasteiger partial charge on any atom is 0.255 e. The summed E-state index contributed by atoms with van der Waals surface area (Å²) in [7, 11) is 27.0. The molecule has 4 aromatic carbocycles. The predicted molar refractivity (Wildman–Crippen MR) is 393 cm³/mol. The van der Waals surface area contributed by atoms with E-state index in [9.17, 15) is 9.59 Å². The van der Waals surface area contributed by atoms with E-state index in [1.807, 2.05) is 97.2 Å². The summed E-state index contributed by atoms with van der Waals surface area (Å²) in [5.41, 5.74) is 5.90. The zero-order chi connectivity index (χ0) is 61.0. The van der Waals surface area contributed by atoms with E-state index in [-0.39, 0.29) is 61.0 Å². The maximum absolute atomic E-state index is 12.1. The Balaban J connectivity index is 0.000000265. The standard InChI is InChI=1S/C25H19N3O3.C20H15IN2O3.C5H4N.3C4H9.3CH4.B9H3.Sn/c1-15-24(25(29)26-2)19-9-7-17(14-23(19)30-15)31-22-10-12-28-21-13-16(6-8-18(21)22)20-5-3-4-11-27-20;1-11-19(20(24)22-2)15-6-4-13(10-18(15)25-11)26-17-7-8-23-16-9-12(21)3-5-14(16)17;1-2-4-6-5-3-1;3*1-3-4-2;;;;1-6-9(7(2)3)8(4)5;/h3-14H,1-2H3,(H,26,29);3-10H,1-2H3,(H,22,24);1-4H;3*1,3-4H2,2H3;3*1H4;1H3;/q;;;;;;;;;-1;. The molecule has 2 amide bonds. The van der Waals surface area contributed by atoms with Crippen molar-refractivity contribution in [3.63, 3.8) is 0 Å². The molecule has 0 bridgehead atoms. The fourth-order valence-electron chi connectivity index (χ4n) is 9.92. The normalized spacial score (nSPS) is 10.5. The summed E-state index contributed by atoms with van der Waals surface area (Å²) in [5.74, 6) is 3.49. The Morgan fingerprint density at radius 2 is 1.03 bits per heavy atom. The van der Waals surface area contributed by atoms with E-state index in [0.29, 0.717) is 51.1 Å². The van der Waals surface area contributed by atoms with Crippen LogP contribution >= 0.6 is 22.6 Å². The molecule has 0 atom stereocenters. The topological polar surface area (TPSA) is 154 Å². The van der Waals surface area contributed by atoms with Gasteiger partial charge in [0.2, 0.25) is 0 Å². The Kier molecular flexibility index (Phi) is 30.7. The number of amides is 2. The number of carbonyl (C=O) groups is 2. The number of pyridine rings is 4. The molecule has 0 aliphatic carbocycles. The molecule has 0 aliphatic heterocycles. The predicted octanol–water partition coefficient (Wildman–Crippen LogP) is 13.4. The van der Waals surface area contributed by atoms with Crippen LogP contribution in [0, 0.1) is 17.4 Å². The number of unbranched alkanes of at least 4 members (excludes halogenated alkanes) is 3. The van der Waals surface area contributed by atoms with Gasteiger partial charge in [0.1, 0.15) is 45.7 Å². The second-order valence-electron chi connectivity index (χ2n) is 20.5. The van der Waals surface area contributed by atoms with Crippen molar-refractivity contribution in [1.82, 2.24) is 30.6 Å². The third-order valence-corrected chi connectivity index (χ3v) is 30.3. The molecule has 0 unspecified atom stereocenters. The van der Waals surface area contributed by atoms with Crippen LogP contribution in [0.15, 0.2) is 155 Å². The van der Waals surface area contributed by atoms with Crippen LogP contribution in [0.4, 0.5) is 0 Å². The number of halogens is 1. The van der Waals surface area contributed by atoms with Crippen molar-refractivity contribution < 1.29 is 27.9 Å². The van der Waals surface area contributed by atoms with Gasteiger partial charge in [-0.15, -0.1) is 0 Å². The quantitative estimate of drug-likeness (QED) is 0.0557. The number of rotatable bonds is 20. The molecule has 0 saturated carbocycles. The van der Waals surface area contributed by atoms with Gasteiger partial charge in [0.25, 0.3) is 11.8 Å². The van der Waals surface area contributed by atoms with E-state index in [2.05, 4.69) is 94.2 Å². The number of ether oxygens (including phenoxy) is 2. The van der Waals surface area contributed by atoms with Crippen LogP contribution in [0.3, 0.4) is 0 Å². The SMILES string of the molecule is C.C.C.CCC[CH2][Sn]([CH2]CCC)([CH2]CCC)[c]1ccccn1.CNC(=O)c1c(C)oc2cc(Oc3ccnc4cc(-c5ccccn5)ccc34)ccc12.CNC(=O)c1c(C)oc2cc(Oc3ccnc4cc(I)ccc34)ccc12.[B]B([B])B([B][BH3-])B([B])[B]. The molecular formula is C65H80B9IN6O6Sn-. The van der Waals surface area contributed by atoms with Gasteiger partial charge in [-0.2, -0.15) is 7.06 Å². The van der Waals surface area contributed by atoms with Crippen LogP contribution in [0.1, 0.15) is 114 Å². The number of furan rings is 2. The first-order valence-corrected chi connectivity index (χ1v) is 37.0. The fraction of sp³-hybridized carbons (Fsp3) is 0.292. The fourth-order valence-corrected chi connectivity index (χ4v) is 25.8. The monoisotopic (exact) mass is 1390 g/mol. The molecule has 0 saturated heterocycles. The molecule has 9 radical (unpaired) electrons. The number of aryl methyl sites for hydroxylation is 2. The molecule has 12 nitrogen and oxygen atoms in total. The number of carbonyl (C=O) groups excluding carboxylic acids is 2. The van der Waals surface area contributed by atoms with E-state index in [4.69, 9.17) is 54.2 Å². The molecule has 6 heterocycles. The summed E-state index contributed by atoms with van der Waals surface area (Å²) in [6, 6.07) is 39.1. The van der Waals surface area contributed by atoms with Gasteiger partial charge in [-0.05, 0) is 165 Å². The van der Waals surface area contributed by atoms with Crippen molar-refractivity contribution in [3.8, 4) is 34.3 Å². The number of hydrogen-bond donors (Lipinski definition) is 2. The van der Waals surface area contributed by atoms with Crippen LogP contribution in [-0.4, -0.2) is 129 Å². The summed E-state index contributed by atoms with van der Waals surface area (Å²) >= 11 is 0.0535. The average molecular weight is 1380 g/mol. The Hall–Kier alpha value is -6.27. The van der Waals surface area contributed by atoms with Gasteiger partial charge in [0.05, 0.1) is 27.9 Å². The Morgan fingerprint density at radius 3 is 1.44 bits per heavy atom. The molecule has 88 heavy (non-hydrogen) atoms. The first kappa shape index (κ1) is 74.2. The van der Waals surface area contributed by atoms with E-state index in [1.54, 1.807) is 62.4 Å². The molecule has 0 spiro atoms. The van der Waals surface area contributed by atoms with Gasteiger partial charge in [-0.25, -0.2) is 0 Å². The molecule has 445 valence electrons. The van der Waals surface area contributed by atoms with Gasteiger partial charge in [-0.3, -0.25) is 24.5 Å². The van der Waals surface area contributed by atoms with E-state index in [0.717, 1.165) is 53.2 Å². The minimum absolute atomic E-state index is 0. The van der Waals surface area contributed by atoms with Gasteiger partial charge >= 0.3 is 124 Å². The van der Waals surface area contributed by atoms with Gasteiger partial charge in [0.15, 0.2) is 0 Å². The molecule has 2 N–H and O–H groups in total. The second kappa shape index (κ2) is 36.4. The van der Waals surface area contributed by atoms with E-state index in [1.165, 1.54) is 51.8 Å². The number of fused-ring (bicyclic) bond motifs is 4. The number of aromatic nitrogens is 4. The number of nitrogens with one attached hydrogen (secondary N) is 2. The smallest absolute Gasteiger partial charge is 0.255 e. The second-order valence-corrected chi connectivity index (χ2v) is 34.8. The number of benzene rings is 4. The first-order chi connectivity index (χ1) is 41.1. The molecule has 10 rings (SSSR count). The van der Waals surface area contributed by atoms with Crippen molar-refractivity contribution >= 4 is 165 Å². The Labute approximate surface area is 548 Å². The summed E-state index contributed by atoms with van der Waals surface area (Å²) in [6.07, 6.45) is 14.7. The summed E-state index contributed by atoms with van der Waals surface area (Å²) in [4.78, 5) is 42.3. The molecule has 0 aliphatic rings. The first-order valence-electron chi connectivity index (χ1n) is 28.4. The van der Waals surface area contributed by atoms with Crippen molar-refractivity contribution in [2.45, 2.75) is 109 Å². The third kappa shape index (κ3) is 19.1. The minimum atomic E-state index is -2.21. The van der Waals surface area contributed by atoms with Crippen molar-refractivity contribution in [3.05, 3.63) is 172 Å². The molecular weight excluding hydrogens is 1300 g/mol. The van der Waals surface area contributed by atoms with E-state index >= 15 is 0 Å². The zero-order valence-corrected chi connectivity index (χ0v) is 54.0. The minimum Gasteiger partial charge on any atom is -0.460 e. The van der Waals surface area contributed by atoms with Crippen LogP contribution < -0.4 is 23.8 Å². The molecule has 6 aromatic heterocycles. The van der Waals surface area contributed by atoms with Crippen molar-refractivity contribution in [2.24, 2.45) is 0 Å². The van der Waals surface area contributed by atoms with Crippen LogP contribution in [0.25, 0.3) is 55.0 Å². The van der Waals surface area contributed by atoms with Crippen LogP contribution in [0.2, 0.25) is 13.3 Å².